The minimum absolute atomic E-state index is 0.0224. The van der Waals surface area contributed by atoms with Crippen molar-refractivity contribution < 1.29 is 42.6 Å². The van der Waals surface area contributed by atoms with Crippen molar-refractivity contribution >= 4 is 58.1 Å². The van der Waals surface area contributed by atoms with E-state index in [2.05, 4.69) is 37.2 Å². The Morgan fingerprint density at radius 1 is 0.522 bits per heavy atom. The number of nitrogens with zero attached hydrogens (tertiary/aromatic N) is 1. The lowest BCUT2D eigenvalue weighted by Gasteiger charge is -2.33. The molecule has 2 fully saturated rings. The van der Waals surface area contributed by atoms with Gasteiger partial charge in [-0.2, -0.15) is 0 Å². The second-order valence-corrected chi connectivity index (χ2v) is 20.7. The summed E-state index contributed by atoms with van der Waals surface area (Å²) in [5, 5.41) is 20.0. The maximum Gasteiger partial charge on any atom is 0.246 e. The molecule has 2 aliphatic rings. The van der Waals surface area contributed by atoms with Crippen LogP contribution in [0.1, 0.15) is 105 Å². The first kappa shape index (κ1) is 55.9. The first-order valence-corrected chi connectivity index (χ1v) is 26.3. The normalized spacial score (nSPS) is 27.0. The van der Waals surface area contributed by atoms with Gasteiger partial charge in [-0.3, -0.25) is 42.6 Å². The van der Waals surface area contributed by atoms with Gasteiger partial charge in [-0.1, -0.05) is 135 Å². The van der Waals surface area contributed by atoms with Crippen LogP contribution in [-0.2, 0) is 62.0 Å². The van der Waals surface area contributed by atoms with Gasteiger partial charge < -0.3 is 42.1 Å². The molecule has 0 aromatic heterocycles. The van der Waals surface area contributed by atoms with Crippen LogP contribution < -0.4 is 37.2 Å². The maximum absolute atomic E-state index is 14.7. The van der Waals surface area contributed by atoms with Crippen molar-refractivity contribution in [1.29, 1.82) is 0 Å². The number of hydrogen-bond donors (Lipinski definition) is 7. The highest BCUT2D eigenvalue weighted by molar-refractivity contribution is 7.84. The van der Waals surface area contributed by atoms with Crippen LogP contribution in [0.2, 0.25) is 0 Å². The Kier molecular flexibility index (Phi) is 21.8. The maximum atomic E-state index is 14.7. The summed E-state index contributed by atoms with van der Waals surface area (Å²) in [7, 11) is -1.38. The van der Waals surface area contributed by atoms with Crippen LogP contribution in [0.15, 0.2) is 60.7 Å². The summed E-state index contributed by atoms with van der Waals surface area (Å²) in [4.78, 5) is 117. The van der Waals surface area contributed by atoms with Gasteiger partial charge in [0.25, 0.3) is 0 Å². The molecule has 0 saturated carbocycles. The van der Waals surface area contributed by atoms with Gasteiger partial charge in [0.05, 0.1) is 0 Å². The molecule has 2 aliphatic heterocycles. The van der Waals surface area contributed by atoms with Gasteiger partial charge >= 0.3 is 0 Å². The molecule has 12 atom stereocenters. The predicted octanol–water partition coefficient (Wildman–Crippen LogP) is 2.43. The quantitative estimate of drug-likeness (QED) is 0.147. The molecule has 2 aromatic carbocycles. The summed E-state index contributed by atoms with van der Waals surface area (Å²) in [6.45, 7) is 14.6. The molecule has 12 unspecified atom stereocenters. The number of fused-ring (bicyclic) bond motifs is 1. The number of hydrogen-bond acceptors (Lipinski definition) is 9. The van der Waals surface area contributed by atoms with E-state index in [1.165, 1.54) is 11.2 Å². The molecule has 2 aromatic rings. The van der Waals surface area contributed by atoms with Crippen LogP contribution in [0.25, 0.3) is 0 Å². The van der Waals surface area contributed by atoms with E-state index in [4.69, 9.17) is 0 Å². The highest BCUT2D eigenvalue weighted by atomic mass is 32.2. The van der Waals surface area contributed by atoms with E-state index in [9.17, 15) is 42.6 Å². The third-order valence-corrected chi connectivity index (χ3v) is 14.4. The van der Waals surface area contributed by atoms with E-state index >= 15 is 0 Å². The van der Waals surface area contributed by atoms with E-state index < -0.39 is 130 Å². The van der Waals surface area contributed by atoms with Crippen LogP contribution in [0.5, 0.6) is 0 Å². The largest absolute Gasteiger partial charge is 0.342 e. The molecule has 4 rings (SSSR count). The van der Waals surface area contributed by atoms with Crippen LogP contribution in [0, 0.1) is 23.7 Å². The van der Waals surface area contributed by atoms with Crippen molar-refractivity contribution in [3.63, 3.8) is 0 Å². The summed E-state index contributed by atoms with van der Waals surface area (Å²) in [6.07, 6.45) is 3.59. The zero-order chi connectivity index (χ0) is 50.9. The molecule has 17 nitrogen and oxygen atoms in total. The summed E-state index contributed by atoms with van der Waals surface area (Å²) in [5.74, 6) is -6.98. The van der Waals surface area contributed by atoms with Crippen molar-refractivity contribution in [2.24, 2.45) is 23.7 Å². The van der Waals surface area contributed by atoms with E-state index in [0.29, 0.717) is 37.7 Å². The van der Waals surface area contributed by atoms with E-state index in [1.807, 2.05) is 57.2 Å². The summed E-state index contributed by atoms with van der Waals surface area (Å²) in [5.41, 5.74) is 1.45. The number of benzene rings is 2. The number of carbonyl (C=O) groups excluding carboxylic acids is 8. The minimum atomic E-state index is -1.38. The van der Waals surface area contributed by atoms with Crippen LogP contribution in [-0.4, -0.2) is 123 Å². The van der Waals surface area contributed by atoms with E-state index in [1.54, 1.807) is 58.9 Å². The fraction of sp³-hybridized carbons (Fsp3) is 0.608. The van der Waals surface area contributed by atoms with Crippen LogP contribution in [0.3, 0.4) is 0 Å². The van der Waals surface area contributed by atoms with Crippen LogP contribution in [0.4, 0.5) is 0 Å². The average molecular weight is 977 g/mol. The fourth-order valence-electron chi connectivity index (χ4n) is 8.59. The highest BCUT2D eigenvalue weighted by Gasteiger charge is 2.42. The Hall–Kier alpha value is -5.65. The third kappa shape index (κ3) is 15.9. The van der Waals surface area contributed by atoms with Gasteiger partial charge in [-0.05, 0) is 54.1 Å². The van der Waals surface area contributed by atoms with Gasteiger partial charge in [-0.25, -0.2) is 0 Å². The molecule has 2 saturated heterocycles. The fourth-order valence-corrected chi connectivity index (χ4v) is 9.16. The molecule has 7 N–H and O–H groups in total. The molecule has 0 spiro atoms. The Balaban J connectivity index is 1.86. The van der Waals surface area contributed by atoms with Gasteiger partial charge in [0.2, 0.25) is 47.3 Å². The molecule has 0 bridgehead atoms. The van der Waals surface area contributed by atoms with Gasteiger partial charge in [0.15, 0.2) is 0 Å². The zero-order valence-corrected chi connectivity index (χ0v) is 42.6. The molecule has 69 heavy (non-hydrogen) atoms. The lowest BCUT2D eigenvalue weighted by atomic mass is 9.95. The number of amides is 8. The number of rotatable bonds is 14. The molecule has 380 valence electrons. The van der Waals surface area contributed by atoms with Crippen molar-refractivity contribution in [1.82, 2.24) is 42.1 Å². The first-order valence-electron chi connectivity index (χ1n) is 24.6. The minimum Gasteiger partial charge on any atom is -0.342 e. The Labute approximate surface area is 410 Å². The van der Waals surface area contributed by atoms with E-state index in [0.717, 1.165) is 5.56 Å². The molecule has 0 aliphatic carbocycles. The second kappa shape index (κ2) is 26.9. The Morgan fingerprint density at radius 3 is 1.38 bits per heavy atom. The third-order valence-electron chi connectivity index (χ3n) is 13.6. The number of carbonyl (C=O) groups is 8. The Morgan fingerprint density at radius 2 is 0.913 bits per heavy atom. The van der Waals surface area contributed by atoms with Crippen molar-refractivity contribution in [2.75, 3.05) is 18.6 Å². The molecule has 18 heteroatoms. The first-order chi connectivity index (χ1) is 32.8. The van der Waals surface area contributed by atoms with E-state index in [-0.39, 0.29) is 31.6 Å². The van der Waals surface area contributed by atoms with Crippen LogP contribution >= 0.6 is 0 Å². The lowest BCUT2D eigenvalue weighted by molar-refractivity contribution is -0.143. The molecular formula is C51H76N8O9S. The standard InChI is InChI=1S/C51H76N8O9S/c1-10-31(6)41-48(64)52-36(25-27-69(9)68)44(60)56-43(33(8)12-3)50(66)55-40(30(4)5)47(63)54-38(29-35-22-17-14-18-23-35)51(67)59-26-19-24-39(59)46(62)58-42(32(7)11-2)49(65)53-37(45(61)57-41)28-34-20-15-13-16-21-34/h13-18,20-23,30-33,36-43H,10-12,19,24-29H2,1-9H3,(H,52,64)(H,53,65)(H,54,63)(H,55,66)(H,56,60)(H,57,61)(H,58,62). The lowest BCUT2D eigenvalue weighted by Crippen LogP contribution is -2.63. The SMILES string of the molecule is CCC(C)C1NC(=O)C(Cc2ccccc2)NC(=O)C(C(C)CC)NC(=O)C2CCCN2C(=O)C(Cc2ccccc2)NC(=O)C(C(C)C)NC(=O)C(C(C)CC)NC(=O)C(CCS(C)=O)NC1=O. The van der Waals surface area contributed by atoms with Crippen molar-refractivity contribution in [2.45, 2.75) is 155 Å². The van der Waals surface area contributed by atoms with Crippen molar-refractivity contribution in [3.8, 4) is 0 Å². The number of nitrogens with one attached hydrogen (secondary N) is 7. The monoisotopic (exact) mass is 977 g/mol. The molecule has 8 amide bonds. The van der Waals surface area contributed by atoms with Crippen molar-refractivity contribution in [3.05, 3.63) is 71.8 Å². The topological polar surface area (TPSA) is 241 Å². The smallest absolute Gasteiger partial charge is 0.246 e. The average Bonchev–Trinajstić information content (AvgIpc) is 3.83. The van der Waals surface area contributed by atoms with Gasteiger partial charge in [-0.15, -0.1) is 0 Å². The highest BCUT2D eigenvalue weighted by Crippen LogP contribution is 2.22. The Bertz CT molecular complexity index is 2110. The summed E-state index contributed by atoms with van der Waals surface area (Å²) in [6, 6.07) is 8.71. The molecule has 2 heterocycles. The van der Waals surface area contributed by atoms with Gasteiger partial charge in [0, 0.05) is 42.2 Å². The summed E-state index contributed by atoms with van der Waals surface area (Å²) < 4.78 is 12.4. The second-order valence-electron chi connectivity index (χ2n) is 19.2. The summed E-state index contributed by atoms with van der Waals surface area (Å²) >= 11 is 0. The molecule has 0 radical (unpaired) electrons. The predicted molar refractivity (Wildman–Crippen MR) is 265 cm³/mol. The zero-order valence-electron chi connectivity index (χ0n) is 41.8. The van der Waals surface area contributed by atoms with Gasteiger partial charge in [0.1, 0.15) is 48.3 Å². The molecular weight excluding hydrogens is 901 g/mol.